The van der Waals surface area contributed by atoms with Crippen LogP contribution in [0.1, 0.15) is 31.9 Å². The molecule has 0 saturated carbocycles. The smallest absolute Gasteiger partial charge is 0.125 e. The van der Waals surface area contributed by atoms with Gasteiger partial charge < -0.3 is 15.4 Å². The van der Waals surface area contributed by atoms with Gasteiger partial charge >= 0.3 is 0 Å². The summed E-state index contributed by atoms with van der Waals surface area (Å²) in [5.41, 5.74) is 8.27. The van der Waals surface area contributed by atoms with Gasteiger partial charge in [-0.1, -0.05) is 13.0 Å². The van der Waals surface area contributed by atoms with Crippen molar-refractivity contribution in [2.75, 3.05) is 25.6 Å². The van der Waals surface area contributed by atoms with Crippen LogP contribution in [0.5, 0.6) is 5.75 Å². The number of hydrogen-bond acceptors (Lipinski definition) is 3. The van der Waals surface area contributed by atoms with Gasteiger partial charge in [0.2, 0.25) is 0 Å². The molecule has 1 aromatic rings. The topological polar surface area (TPSA) is 38.5 Å². The van der Waals surface area contributed by atoms with Crippen molar-refractivity contribution in [2.45, 2.75) is 26.3 Å². The number of anilines is 1. The molecule has 0 radical (unpaired) electrons. The quantitative estimate of drug-likeness (QED) is 0.832. The summed E-state index contributed by atoms with van der Waals surface area (Å²) in [6.45, 7) is 5.18. The van der Waals surface area contributed by atoms with Crippen LogP contribution in [0.25, 0.3) is 0 Å². The lowest BCUT2D eigenvalue weighted by Gasteiger charge is -2.25. The van der Waals surface area contributed by atoms with Crippen molar-refractivity contribution >= 4 is 5.69 Å². The number of rotatable bonds is 5. The van der Waals surface area contributed by atoms with Gasteiger partial charge in [-0.2, -0.15) is 0 Å². The molecule has 2 N–H and O–H groups in total. The summed E-state index contributed by atoms with van der Waals surface area (Å²) in [5, 5.41) is 0. The van der Waals surface area contributed by atoms with Crippen molar-refractivity contribution in [3.63, 3.8) is 0 Å². The molecule has 0 spiro atoms. The predicted molar refractivity (Wildman–Crippen MR) is 69.2 cm³/mol. The van der Waals surface area contributed by atoms with Crippen molar-refractivity contribution in [3.8, 4) is 5.75 Å². The molecule has 0 bridgehead atoms. The van der Waals surface area contributed by atoms with Crippen molar-refractivity contribution in [1.82, 2.24) is 0 Å². The number of methoxy groups -OCH3 is 1. The molecule has 3 nitrogen and oxygen atoms in total. The Kier molecular flexibility index (Phi) is 4.62. The highest BCUT2D eigenvalue weighted by Gasteiger charge is 2.15. The first-order chi connectivity index (χ1) is 7.61. The summed E-state index contributed by atoms with van der Waals surface area (Å²) in [4.78, 5) is 2.22. The second-order valence-electron chi connectivity index (χ2n) is 4.10. The van der Waals surface area contributed by atoms with Crippen LogP contribution in [-0.4, -0.2) is 20.7 Å². The van der Waals surface area contributed by atoms with Crippen LogP contribution in [-0.2, 0) is 0 Å². The van der Waals surface area contributed by atoms with Crippen molar-refractivity contribution in [2.24, 2.45) is 5.73 Å². The van der Waals surface area contributed by atoms with Gasteiger partial charge in [0.05, 0.1) is 7.11 Å². The monoisotopic (exact) mass is 222 g/mol. The predicted octanol–water partition coefficient (Wildman–Crippen LogP) is 2.56. The maximum atomic E-state index is 6.02. The molecular formula is C13H22N2O. The highest BCUT2D eigenvalue weighted by Crippen LogP contribution is 2.33. The van der Waals surface area contributed by atoms with E-state index in [-0.39, 0.29) is 6.04 Å². The van der Waals surface area contributed by atoms with Gasteiger partial charge in [0.25, 0.3) is 0 Å². The summed E-state index contributed by atoms with van der Waals surface area (Å²) < 4.78 is 5.37. The van der Waals surface area contributed by atoms with E-state index in [2.05, 4.69) is 24.9 Å². The Labute approximate surface area is 98.2 Å². The summed E-state index contributed by atoms with van der Waals surface area (Å²) in [6.07, 6.45) is 1.12. The molecule has 0 aliphatic heterocycles. The minimum atomic E-state index is -0.0227. The fourth-order valence-electron chi connectivity index (χ4n) is 1.96. The van der Waals surface area contributed by atoms with Crippen LogP contribution in [0.3, 0.4) is 0 Å². The van der Waals surface area contributed by atoms with Gasteiger partial charge in [-0.05, 0) is 25.5 Å². The van der Waals surface area contributed by atoms with E-state index in [1.54, 1.807) is 7.11 Å². The number of ether oxygens (including phenoxy) is 1. The molecule has 0 unspecified atom stereocenters. The molecule has 0 aliphatic rings. The standard InChI is InChI=1S/C13H22N2O/c1-5-9-15(3)11-7-6-8-12(16-4)13(11)10(2)14/h6-8,10H,5,9,14H2,1-4H3/t10-/m0/s1. The van der Waals surface area contributed by atoms with Crippen LogP contribution in [0.15, 0.2) is 18.2 Å². The van der Waals surface area contributed by atoms with Crippen LogP contribution < -0.4 is 15.4 Å². The fourth-order valence-corrected chi connectivity index (χ4v) is 1.96. The first-order valence-electron chi connectivity index (χ1n) is 5.75. The fraction of sp³-hybridized carbons (Fsp3) is 0.538. The molecule has 1 rings (SSSR count). The second kappa shape index (κ2) is 5.75. The van der Waals surface area contributed by atoms with Crippen LogP contribution >= 0.6 is 0 Å². The van der Waals surface area contributed by atoms with E-state index in [0.717, 1.165) is 30.0 Å². The first-order valence-corrected chi connectivity index (χ1v) is 5.75. The average Bonchev–Trinajstić information content (AvgIpc) is 2.28. The Morgan fingerprint density at radius 2 is 2.12 bits per heavy atom. The highest BCUT2D eigenvalue weighted by atomic mass is 16.5. The lowest BCUT2D eigenvalue weighted by Crippen LogP contribution is -2.21. The third-order valence-corrected chi connectivity index (χ3v) is 2.69. The zero-order chi connectivity index (χ0) is 12.1. The maximum absolute atomic E-state index is 6.02. The molecule has 90 valence electrons. The summed E-state index contributed by atoms with van der Waals surface area (Å²) in [7, 11) is 3.77. The van der Waals surface area contributed by atoms with Gasteiger partial charge in [-0.25, -0.2) is 0 Å². The van der Waals surface area contributed by atoms with E-state index < -0.39 is 0 Å². The Morgan fingerprint density at radius 1 is 1.44 bits per heavy atom. The van der Waals surface area contributed by atoms with Crippen molar-refractivity contribution < 1.29 is 4.74 Å². The van der Waals surface area contributed by atoms with E-state index in [1.165, 1.54) is 0 Å². The Bertz CT molecular complexity index is 337. The minimum Gasteiger partial charge on any atom is -0.496 e. The molecule has 16 heavy (non-hydrogen) atoms. The van der Waals surface area contributed by atoms with Crippen LogP contribution in [0.2, 0.25) is 0 Å². The zero-order valence-electron chi connectivity index (χ0n) is 10.7. The Morgan fingerprint density at radius 3 is 2.62 bits per heavy atom. The number of nitrogens with two attached hydrogens (primary N) is 1. The number of benzene rings is 1. The lowest BCUT2D eigenvalue weighted by atomic mass is 10.0. The molecule has 0 amide bonds. The number of hydrogen-bond donors (Lipinski definition) is 1. The van der Waals surface area contributed by atoms with Gasteiger partial charge in [0.15, 0.2) is 0 Å². The normalized spacial score (nSPS) is 12.3. The Hall–Kier alpha value is -1.22. The molecule has 0 heterocycles. The largest absolute Gasteiger partial charge is 0.496 e. The minimum absolute atomic E-state index is 0.0227. The molecule has 0 fully saturated rings. The summed E-state index contributed by atoms with van der Waals surface area (Å²) in [5.74, 6) is 0.871. The number of nitrogens with zero attached hydrogens (tertiary/aromatic N) is 1. The van der Waals surface area contributed by atoms with Crippen molar-refractivity contribution in [1.29, 1.82) is 0 Å². The zero-order valence-corrected chi connectivity index (χ0v) is 10.7. The lowest BCUT2D eigenvalue weighted by molar-refractivity contribution is 0.407. The molecular weight excluding hydrogens is 200 g/mol. The molecule has 3 heteroatoms. The van der Waals surface area contributed by atoms with Gasteiger partial charge in [0, 0.05) is 30.9 Å². The second-order valence-corrected chi connectivity index (χ2v) is 4.10. The SMILES string of the molecule is CCCN(C)c1cccc(OC)c1[C@H](C)N. The highest BCUT2D eigenvalue weighted by molar-refractivity contribution is 5.60. The maximum Gasteiger partial charge on any atom is 0.125 e. The van der Waals surface area contributed by atoms with E-state index >= 15 is 0 Å². The third-order valence-electron chi connectivity index (χ3n) is 2.69. The van der Waals surface area contributed by atoms with E-state index in [9.17, 15) is 0 Å². The van der Waals surface area contributed by atoms with Crippen LogP contribution in [0.4, 0.5) is 5.69 Å². The van der Waals surface area contributed by atoms with Crippen molar-refractivity contribution in [3.05, 3.63) is 23.8 Å². The van der Waals surface area contributed by atoms with Gasteiger partial charge in [-0.15, -0.1) is 0 Å². The Balaban J connectivity index is 3.16. The van der Waals surface area contributed by atoms with E-state index in [1.807, 2.05) is 19.1 Å². The molecule has 1 atom stereocenters. The molecule has 1 aromatic carbocycles. The molecule has 0 saturated heterocycles. The summed E-state index contributed by atoms with van der Waals surface area (Å²) >= 11 is 0. The first kappa shape index (κ1) is 12.8. The van der Waals surface area contributed by atoms with E-state index in [0.29, 0.717) is 0 Å². The van der Waals surface area contributed by atoms with E-state index in [4.69, 9.17) is 10.5 Å². The van der Waals surface area contributed by atoms with Crippen LogP contribution in [0, 0.1) is 0 Å². The summed E-state index contributed by atoms with van der Waals surface area (Å²) in [6, 6.07) is 6.04. The van der Waals surface area contributed by atoms with Gasteiger partial charge in [-0.3, -0.25) is 0 Å². The van der Waals surface area contributed by atoms with Gasteiger partial charge in [0.1, 0.15) is 5.75 Å². The average molecular weight is 222 g/mol. The third kappa shape index (κ3) is 2.67. The molecule has 0 aliphatic carbocycles. The molecule has 0 aromatic heterocycles.